The molecule has 1 aliphatic heterocycles. The summed E-state index contributed by atoms with van der Waals surface area (Å²) < 4.78 is 6.86. The van der Waals surface area contributed by atoms with Gasteiger partial charge in [-0.3, -0.25) is 0 Å². The molecule has 134 valence electrons. The summed E-state index contributed by atoms with van der Waals surface area (Å²) in [5.41, 5.74) is 2.49. The van der Waals surface area contributed by atoms with Crippen LogP contribution < -0.4 is 10.1 Å². The smallest absolute Gasteiger partial charge is 0.119 e. The van der Waals surface area contributed by atoms with Gasteiger partial charge in [0.05, 0.1) is 0 Å². The zero-order valence-electron chi connectivity index (χ0n) is 14.4. The highest BCUT2D eigenvalue weighted by molar-refractivity contribution is 9.10. The first kappa shape index (κ1) is 18.8. The monoisotopic (exact) mass is 421 g/mol. The lowest BCUT2D eigenvalue weighted by Crippen LogP contribution is -2.41. The highest BCUT2D eigenvalue weighted by atomic mass is 79.9. The van der Waals surface area contributed by atoms with Crippen LogP contribution in [0.3, 0.4) is 0 Å². The Morgan fingerprint density at radius 1 is 1.04 bits per heavy atom. The molecule has 2 aromatic carbocycles. The van der Waals surface area contributed by atoms with Gasteiger partial charge in [0.25, 0.3) is 0 Å². The first-order valence-electron chi connectivity index (χ1n) is 9.07. The van der Waals surface area contributed by atoms with Crippen LogP contribution in [0.15, 0.2) is 46.9 Å². The first-order valence-corrected chi connectivity index (χ1v) is 10.2. The summed E-state index contributed by atoms with van der Waals surface area (Å²) in [6, 6.07) is 14.3. The fraction of sp³-hybridized carbons (Fsp3) is 0.429. The second-order valence-corrected chi connectivity index (χ2v) is 8.08. The van der Waals surface area contributed by atoms with E-state index in [1.54, 1.807) is 0 Å². The molecule has 4 heteroatoms. The largest absolute Gasteiger partial charge is 0.489 e. The molecule has 3 rings (SSSR count). The molecule has 2 nitrogen and oxygen atoms in total. The van der Waals surface area contributed by atoms with E-state index in [0.717, 1.165) is 33.1 Å². The van der Waals surface area contributed by atoms with Gasteiger partial charge in [-0.25, -0.2) is 0 Å². The van der Waals surface area contributed by atoms with Crippen molar-refractivity contribution in [2.75, 3.05) is 13.1 Å². The summed E-state index contributed by atoms with van der Waals surface area (Å²) in [6.45, 7) is 3.00. The standard InChI is InChI=1S/C21H25BrClNO/c22-21-12-19(23)9-8-18(21)15-25-20-10-6-16(7-11-20)4-2-1-3-5-17-13-24-14-17/h6-12,17,24H,1-5,13-15H2. The molecule has 0 unspecified atom stereocenters. The van der Waals surface area contributed by atoms with Gasteiger partial charge < -0.3 is 10.1 Å². The molecule has 0 bridgehead atoms. The highest BCUT2D eigenvalue weighted by Crippen LogP contribution is 2.23. The Morgan fingerprint density at radius 3 is 2.52 bits per heavy atom. The van der Waals surface area contributed by atoms with Gasteiger partial charge in [0.2, 0.25) is 0 Å². The van der Waals surface area contributed by atoms with E-state index >= 15 is 0 Å². The third-order valence-corrected chi connectivity index (χ3v) is 5.75. The summed E-state index contributed by atoms with van der Waals surface area (Å²) >= 11 is 9.49. The van der Waals surface area contributed by atoms with Crippen molar-refractivity contribution in [3.63, 3.8) is 0 Å². The molecular weight excluding hydrogens is 398 g/mol. The molecule has 0 aliphatic carbocycles. The maximum atomic E-state index is 5.96. The molecule has 0 spiro atoms. The fourth-order valence-corrected chi connectivity index (χ4v) is 3.84. The zero-order valence-corrected chi connectivity index (χ0v) is 16.8. The summed E-state index contributed by atoms with van der Waals surface area (Å²) in [5.74, 6) is 1.85. The van der Waals surface area contributed by atoms with E-state index in [4.69, 9.17) is 16.3 Å². The number of ether oxygens (including phenoxy) is 1. The van der Waals surface area contributed by atoms with Crippen LogP contribution in [-0.4, -0.2) is 13.1 Å². The number of rotatable bonds is 9. The fourth-order valence-electron chi connectivity index (χ4n) is 3.04. The first-order chi connectivity index (χ1) is 12.2. The topological polar surface area (TPSA) is 21.3 Å². The van der Waals surface area contributed by atoms with Crippen LogP contribution in [0.4, 0.5) is 0 Å². The Balaban J connectivity index is 1.37. The minimum absolute atomic E-state index is 0.535. The predicted octanol–water partition coefficient (Wildman–Crippen LogP) is 6.00. The Bertz CT molecular complexity index is 670. The molecule has 1 N–H and O–H groups in total. The molecule has 2 aromatic rings. The van der Waals surface area contributed by atoms with E-state index in [9.17, 15) is 0 Å². The van der Waals surface area contributed by atoms with E-state index in [0.29, 0.717) is 6.61 Å². The number of aryl methyl sites for hydroxylation is 1. The molecule has 1 saturated heterocycles. The quantitative estimate of drug-likeness (QED) is 0.500. The van der Waals surface area contributed by atoms with Crippen LogP contribution in [0.1, 0.15) is 36.8 Å². The molecule has 0 radical (unpaired) electrons. The average molecular weight is 423 g/mol. The minimum Gasteiger partial charge on any atom is -0.489 e. The Kier molecular flexibility index (Phi) is 7.21. The Hall–Kier alpha value is -1.03. The second kappa shape index (κ2) is 9.61. The van der Waals surface area contributed by atoms with Crippen molar-refractivity contribution in [1.82, 2.24) is 5.32 Å². The van der Waals surface area contributed by atoms with E-state index in [1.807, 2.05) is 18.2 Å². The van der Waals surface area contributed by atoms with E-state index < -0.39 is 0 Å². The second-order valence-electron chi connectivity index (χ2n) is 6.79. The summed E-state index contributed by atoms with van der Waals surface area (Å²) in [4.78, 5) is 0. The summed E-state index contributed by atoms with van der Waals surface area (Å²) in [5, 5.41) is 4.07. The van der Waals surface area contributed by atoms with Crippen LogP contribution in [-0.2, 0) is 13.0 Å². The Labute approximate surface area is 164 Å². The van der Waals surface area contributed by atoms with E-state index in [-0.39, 0.29) is 0 Å². The molecule has 25 heavy (non-hydrogen) atoms. The molecule has 0 aromatic heterocycles. The molecule has 0 amide bonds. The van der Waals surface area contributed by atoms with Gasteiger partial charge in [0.15, 0.2) is 0 Å². The molecule has 1 heterocycles. The van der Waals surface area contributed by atoms with Crippen LogP contribution in [0.2, 0.25) is 5.02 Å². The molecule has 0 atom stereocenters. The van der Waals surface area contributed by atoms with Gasteiger partial charge in [-0.05, 0) is 68.1 Å². The van der Waals surface area contributed by atoms with Crippen LogP contribution in [0, 0.1) is 5.92 Å². The van der Waals surface area contributed by atoms with Gasteiger partial charge in [0.1, 0.15) is 12.4 Å². The van der Waals surface area contributed by atoms with Crippen molar-refractivity contribution >= 4 is 27.5 Å². The SMILES string of the molecule is Clc1ccc(COc2ccc(CCCCCC3CNC3)cc2)c(Br)c1. The Morgan fingerprint density at radius 2 is 1.84 bits per heavy atom. The number of hydrogen-bond donors (Lipinski definition) is 1. The predicted molar refractivity (Wildman–Crippen MR) is 108 cm³/mol. The van der Waals surface area contributed by atoms with Crippen LogP contribution >= 0.6 is 27.5 Å². The number of halogens is 2. The molecular formula is C21H25BrClNO. The van der Waals surface area contributed by atoms with Crippen molar-refractivity contribution in [2.45, 2.75) is 38.7 Å². The van der Waals surface area contributed by atoms with E-state index in [2.05, 4.69) is 45.5 Å². The van der Waals surface area contributed by atoms with Crippen molar-refractivity contribution in [2.24, 2.45) is 5.92 Å². The lowest BCUT2D eigenvalue weighted by molar-refractivity contribution is 0.305. The lowest BCUT2D eigenvalue weighted by Gasteiger charge is -2.26. The van der Waals surface area contributed by atoms with Gasteiger partial charge in [-0.15, -0.1) is 0 Å². The van der Waals surface area contributed by atoms with E-state index in [1.165, 1.54) is 44.3 Å². The maximum Gasteiger partial charge on any atom is 0.119 e. The van der Waals surface area contributed by atoms with Gasteiger partial charge in [0, 0.05) is 15.1 Å². The van der Waals surface area contributed by atoms with Crippen molar-refractivity contribution in [1.29, 1.82) is 0 Å². The van der Waals surface area contributed by atoms with Crippen molar-refractivity contribution < 1.29 is 4.74 Å². The molecule has 1 aliphatic rings. The number of unbranched alkanes of at least 4 members (excludes halogenated alkanes) is 2. The van der Waals surface area contributed by atoms with Crippen LogP contribution in [0.5, 0.6) is 5.75 Å². The van der Waals surface area contributed by atoms with Gasteiger partial charge in [-0.2, -0.15) is 0 Å². The number of nitrogens with one attached hydrogen (secondary N) is 1. The average Bonchev–Trinajstić information content (AvgIpc) is 2.57. The van der Waals surface area contributed by atoms with Gasteiger partial charge >= 0.3 is 0 Å². The zero-order chi connectivity index (χ0) is 17.5. The minimum atomic E-state index is 0.535. The van der Waals surface area contributed by atoms with Crippen LogP contribution in [0.25, 0.3) is 0 Å². The normalized spacial score (nSPS) is 14.3. The third kappa shape index (κ3) is 6.02. The van der Waals surface area contributed by atoms with Crippen molar-refractivity contribution in [3.05, 3.63) is 63.1 Å². The van der Waals surface area contributed by atoms with Gasteiger partial charge in [-0.1, -0.05) is 58.6 Å². The third-order valence-electron chi connectivity index (χ3n) is 4.78. The molecule has 0 saturated carbocycles. The maximum absolute atomic E-state index is 5.96. The summed E-state index contributed by atoms with van der Waals surface area (Å²) in [6.07, 6.45) is 6.52. The highest BCUT2D eigenvalue weighted by Gasteiger charge is 2.15. The number of hydrogen-bond acceptors (Lipinski definition) is 2. The van der Waals surface area contributed by atoms with Crippen molar-refractivity contribution in [3.8, 4) is 5.75 Å². The summed E-state index contributed by atoms with van der Waals surface area (Å²) in [7, 11) is 0. The number of benzene rings is 2. The lowest BCUT2D eigenvalue weighted by atomic mass is 9.95. The molecule has 1 fully saturated rings.